The van der Waals surface area contributed by atoms with Crippen molar-refractivity contribution in [2.24, 2.45) is 5.92 Å². The zero-order chi connectivity index (χ0) is 12.7. The number of nitrogens with zero attached hydrogens (tertiary/aromatic N) is 1. The number of ether oxygens (including phenoxy) is 1. The Morgan fingerprint density at radius 1 is 1.41 bits per heavy atom. The largest absolute Gasteiger partial charge is 0.375 e. The van der Waals surface area contributed by atoms with Crippen LogP contribution in [0.2, 0.25) is 0 Å². The van der Waals surface area contributed by atoms with Crippen LogP contribution in [0.5, 0.6) is 0 Å². The zero-order valence-corrected chi connectivity index (χ0v) is 11.4. The average molecular weight is 238 g/mol. The topological polar surface area (TPSA) is 45.0 Å². The molecule has 1 N–H and O–H groups in total. The van der Waals surface area contributed by atoms with Crippen molar-refractivity contribution in [2.75, 3.05) is 6.61 Å². The van der Waals surface area contributed by atoms with Gasteiger partial charge in [-0.1, -0.05) is 26.2 Å². The number of hydrogen-bond donors (Lipinski definition) is 1. The van der Waals surface area contributed by atoms with E-state index in [4.69, 9.17) is 10.00 Å². The number of hydrogen-bond acceptors (Lipinski definition) is 3. The second kappa shape index (κ2) is 7.68. The lowest BCUT2D eigenvalue weighted by molar-refractivity contribution is 0.00675. The first-order valence-electron chi connectivity index (χ1n) is 6.93. The van der Waals surface area contributed by atoms with Crippen LogP contribution in [0.1, 0.15) is 52.9 Å². The Kier molecular flexibility index (Phi) is 6.54. The van der Waals surface area contributed by atoms with Crippen LogP contribution >= 0.6 is 0 Å². The molecule has 0 heterocycles. The van der Waals surface area contributed by atoms with Crippen molar-refractivity contribution in [3.8, 4) is 6.07 Å². The van der Waals surface area contributed by atoms with Crippen molar-refractivity contribution in [3.63, 3.8) is 0 Å². The van der Waals surface area contributed by atoms with E-state index in [1.54, 1.807) is 0 Å². The summed E-state index contributed by atoms with van der Waals surface area (Å²) in [6.45, 7) is 6.89. The first-order valence-corrected chi connectivity index (χ1v) is 6.93. The van der Waals surface area contributed by atoms with Gasteiger partial charge in [0.2, 0.25) is 0 Å². The highest BCUT2D eigenvalue weighted by molar-refractivity contribution is 4.91. The molecule has 3 nitrogen and oxygen atoms in total. The van der Waals surface area contributed by atoms with Gasteiger partial charge in [-0.2, -0.15) is 5.26 Å². The summed E-state index contributed by atoms with van der Waals surface area (Å²) in [4.78, 5) is 0. The molecule has 1 aliphatic rings. The van der Waals surface area contributed by atoms with E-state index < -0.39 is 0 Å². The fourth-order valence-electron chi connectivity index (χ4n) is 2.52. The van der Waals surface area contributed by atoms with Crippen molar-refractivity contribution in [2.45, 2.75) is 71.1 Å². The molecule has 0 radical (unpaired) electrons. The van der Waals surface area contributed by atoms with Crippen LogP contribution in [-0.2, 0) is 4.74 Å². The normalized spacial score (nSPS) is 26.8. The molecule has 0 spiro atoms. The summed E-state index contributed by atoms with van der Waals surface area (Å²) in [6, 6.07) is 2.42. The van der Waals surface area contributed by atoms with Crippen molar-refractivity contribution in [1.29, 1.82) is 5.26 Å². The van der Waals surface area contributed by atoms with E-state index in [9.17, 15) is 0 Å². The third kappa shape index (κ3) is 5.52. The first kappa shape index (κ1) is 14.5. The summed E-state index contributed by atoms with van der Waals surface area (Å²) in [6.07, 6.45) is 6.59. The lowest BCUT2D eigenvalue weighted by atomic mass is 9.85. The first-order chi connectivity index (χ1) is 8.15. The minimum absolute atomic E-state index is 0.169. The minimum Gasteiger partial charge on any atom is -0.375 e. The second-order valence-electron chi connectivity index (χ2n) is 5.40. The molecule has 3 heteroatoms. The van der Waals surface area contributed by atoms with E-state index in [-0.39, 0.29) is 6.04 Å². The fraction of sp³-hybridized carbons (Fsp3) is 0.929. The lowest BCUT2D eigenvalue weighted by Gasteiger charge is -2.29. The molecule has 1 saturated carbocycles. The van der Waals surface area contributed by atoms with Crippen LogP contribution in [0.3, 0.4) is 0 Å². The van der Waals surface area contributed by atoms with Crippen LogP contribution in [0.25, 0.3) is 0 Å². The van der Waals surface area contributed by atoms with Gasteiger partial charge < -0.3 is 4.74 Å². The van der Waals surface area contributed by atoms with E-state index in [0.29, 0.717) is 18.8 Å². The summed E-state index contributed by atoms with van der Waals surface area (Å²) in [5, 5.41) is 12.2. The van der Waals surface area contributed by atoms with Gasteiger partial charge in [0.05, 0.1) is 18.8 Å². The summed E-state index contributed by atoms with van der Waals surface area (Å²) in [5.74, 6) is 0.826. The molecule has 1 aliphatic carbocycles. The molecule has 0 saturated heterocycles. The Hall–Kier alpha value is -0.590. The van der Waals surface area contributed by atoms with Gasteiger partial charge in [-0.25, -0.2) is 0 Å². The van der Waals surface area contributed by atoms with Gasteiger partial charge in [0.25, 0.3) is 0 Å². The van der Waals surface area contributed by atoms with Crippen molar-refractivity contribution in [1.82, 2.24) is 5.32 Å². The lowest BCUT2D eigenvalue weighted by Crippen LogP contribution is -2.38. The van der Waals surface area contributed by atoms with Gasteiger partial charge in [-0.05, 0) is 32.6 Å². The maximum atomic E-state index is 9.01. The molecule has 3 unspecified atom stereocenters. The highest BCUT2D eigenvalue weighted by Gasteiger charge is 2.22. The molecule has 1 fully saturated rings. The molecule has 0 aromatic carbocycles. The summed E-state index contributed by atoms with van der Waals surface area (Å²) < 4.78 is 5.88. The molecule has 0 aromatic rings. The third-order valence-corrected chi connectivity index (χ3v) is 3.50. The monoisotopic (exact) mass is 238 g/mol. The van der Waals surface area contributed by atoms with Gasteiger partial charge in [-0.3, -0.25) is 5.32 Å². The van der Waals surface area contributed by atoms with Gasteiger partial charge >= 0.3 is 0 Å². The Morgan fingerprint density at radius 2 is 2.18 bits per heavy atom. The standard InChI is InChI=1S/C14H26N2O/c1-4-12-6-5-7-14(8-12)17-10-13(9-15)16-11(2)3/h11-14,16H,4-8,10H2,1-3H3. The van der Waals surface area contributed by atoms with E-state index in [1.807, 2.05) is 0 Å². The van der Waals surface area contributed by atoms with Crippen molar-refractivity contribution in [3.05, 3.63) is 0 Å². The molecular formula is C14H26N2O. The molecule has 98 valence electrons. The zero-order valence-electron chi connectivity index (χ0n) is 11.4. The quantitative estimate of drug-likeness (QED) is 0.774. The van der Waals surface area contributed by atoms with Crippen LogP contribution < -0.4 is 5.32 Å². The summed E-state index contributed by atoms with van der Waals surface area (Å²) >= 11 is 0. The van der Waals surface area contributed by atoms with E-state index in [0.717, 1.165) is 12.3 Å². The molecule has 0 bridgehead atoms. The molecule has 17 heavy (non-hydrogen) atoms. The van der Waals surface area contributed by atoms with Crippen molar-refractivity contribution < 1.29 is 4.74 Å². The van der Waals surface area contributed by atoms with Crippen LogP contribution in [0, 0.1) is 17.2 Å². The number of rotatable bonds is 6. The molecule has 3 atom stereocenters. The Morgan fingerprint density at radius 3 is 2.76 bits per heavy atom. The minimum atomic E-state index is -0.169. The van der Waals surface area contributed by atoms with Gasteiger partial charge in [0, 0.05) is 6.04 Å². The maximum absolute atomic E-state index is 9.01. The van der Waals surface area contributed by atoms with E-state index in [1.165, 1.54) is 25.7 Å². The Labute approximate surface area is 106 Å². The maximum Gasteiger partial charge on any atom is 0.119 e. The summed E-state index contributed by atoms with van der Waals surface area (Å²) in [7, 11) is 0. The van der Waals surface area contributed by atoms with E-state index >= 15 is 0 Å². The predicted octanol–water partition coefficient (Wildman–Crippen LogP) is 2.86. The number of nitrogens with one attached hydrogen (secondary N) is 1. The Balaban J connectivity index is 2.26. The number of nitriles is 1. The average Bonchev–Trinajstić information content (AvgIpc) is 2.34. The third-order valence-electron chi connectivity index (χ3n) is 3.50. The van der Waals surface area contributed by atoms with Crippen LogP contribution in [0.15, 0.2) is 0 Å². The van der Waals surface area contributed by atoms with Crippen LogP contribution in [-0.4, -0.2) is 24.8 Å². The second-order valence-corrected chi connectivity index (χ2v) is 5.40. The fourth-order valence-corrected chi connectivity index (χ4v) is 2.52. The van der Waals surface area contributed by atoms with Gasteiger partial charge in [0.1, 0.15) is 6.04 Å². The highest BCUT2D eigenvalue weighted by Crippen LogP contribution is 2.28. The van der Waals surface area contributed by atoms with Crippen LogP contribution in [0.4, 0.5) is 0 Å². The molecule has 1 rings (SSSR count). The SMILES string of the molecule is CCC1CCCC(OCC(C#N)NC(C)C)C1. The van der Waals surface area contributed by atoms with E-state index in [2.05, 4.69) is 32.2 Å². The van der Waals surface area contributed by atoms with Crippen molar-refractivity contribution >= 4 is 0 Å². The molecule has 0 amide bonds. The molecule has 0 aliphatic heterocycles. The highest BCUT2D eigenvalue weighted by atomic mass is 16.5. The predicted molar refractivity (Wildman–Crippen MR) is 69.7 cm³/mol. The summed E-state index contributed by atoms with van der Waals surface area (Å²) in [5.41, 5.74) is 0. The van der Waals surface area contributed by atoms with Gasteiger partial charge in [-0.15, -0.1) is 0 Å². The smallest absolute Gasteiger partial charge is 0.119 e. The molecule has 0 aromatic heterocycles. The Bertz CT molecular complexity index is 247. The van der Waals surface area contributed by atoms with Gasteiger partial charge in [0.15, 0.2) is 0 Å². The molecular weight excluding hydrogens is 212 g/mol.